The number of aromatic nitrogens is 8. The van der Waals surface area contributed by atoms with E-state index in [1.807, 2.05) is 59.1 Å². The minimum Gasteiger partial charge on any atom is -0.440 e. The van der Waals surface area contributed by atoms with Crippen LogP contribution in [0.3, 0.4) is 0 Å². The van der Waals surface area contributed by atoms with E-state index in [2.05, 4.69) is 280 Å². The summed E-state index contributed by atoms with van der Waals surface area (Å²) in [6.07, 6.45) is 15.8. The Morgan fingerprint density at radius 2 is 1.16 bits per heavy atom. The number of halogens is 1. The summed E-state index contributed by atoms with van der Waals surface area (Å²) in [5, 5.41) is 12.7. The number of allylic oxidation sites excluding steroid dienone is 1. The van der Waals surface area contributed by atoms with Crippen molar-refractivity contribution in [1.82, 2.24) is 38.7 Å². The molecule has 0 unspecified atom stereocenters. The van der Waals surface area contributed by atoms with Crippen LogP contribution in [0.25, 0.3) is 43.1 Å². The molecule has 13 heteroatoms. The summed E-state index contributed by atoms with van der Waals surface area (Å²) in [4.78, 5) is 17.8. The maximum Gasteiger partial charge on any atom is 0.198 e. The summed E-state index contributed by atoms with van der Waals surface area (Å²) < 4.78 is 15.4. The summed E-state index contributed by atoms with van der Waals surface area (Å²) in [7, 11) is 0. The van der Waals surface area contributed by atoms with Gasteiger partial charge < -0.3 is 13.6 Å². The van der Waals surface area contributed by atoms with Crippen LogP contribution in [0, 0.1) is 39.5 Å². The predicted octanol–water partition coefficient (Wildman–Crippen LogP) is 22.6. The normalized spacial score (nSPS) is 12.2. The van der Waals surface area contributed by atoms with E-state index in [0.717, 1.165) is 45.9 Å². The van der Waals surface area contributed by atoms with E-state index >= 15 is 0 Å². The number of oxazole rings is 1. The van der Waals surface area contributed by atoms with Crippen LogP contribution in [-0.4, -0.2) is 50.1 Å². The molecule has 0 bridgehead atoms. The second kappa shape index (κ2) is 33.8. The molecule has 11 nitrogen and oxygen atoms in total. The van der Waals surface area contributed by atoms with Crippen molar-refractivity contribution in [3.8, 4) is 0 Å². The van der Waals surface area contributed by atoms with Gasteiger partial charge in [0.25, 0.3) is 0 Å². The van der Waals surface area contributed by atoms with Crippen molar-refractivity contribution in [1.29, 1.82) is 0 Å². The molecule has 2 aliphatic heterocycles. The lowest BCUT2D eigenvalue weighted by Gasteiger charge is -2.11. The first-order valence-corrected chi connectivity index (χ1v) is 32.9. The van der Waals surface area contributed by atoms with Gasteiger partial charge >= 0.3 is 0 Å². The smallest absolute Gasteiger partial charge is 0.198 e. The van der Waals surface area contributed by atoms with Gasteiger partial charge in [-0.1, -0.05) is 128 Å². The van der Waals surface area contributed by atoms with Crippen LogP contribution in [0.2, 0.25) is 5.02 Å². The van der Waals surface area contributed by atoms with Crippen LogP contribution in [0.15, 0.2) is 179 Å². The SMILES string of the molecule is CC(C)C1=NC=CC1.CC(C)n1ccc2ccccc21.CC(C)n1cccn1.CC(C)n1cccn1.Cc1cc2ccccc2n1C(C)C.Cc1cc2oc(C(C)C)nc2cc1Cl.Cc1ccc2sc(C(C)C)nc2c1.Cc1cccc2c1CC(C(C)C)=N2. The number of thiazole rings is 1. The maximum atomic E-state index is 5.99. The third-order valence-electron chi connectivity index (χ3n) is 15.0. The second-order valence-electron chi connectivity index (χ2n) is 25.2. The van der Waals surface area contributed by atoms with Crippen molar-refractivity contribution >= 4 is 83.2 Å². The van der Waals surface area contributed by atoms with Crippen molar-refractivity contribution in [3.63, 3.8) is 0 Å². The Hall–Kier alpha value is -7.67. The summed E-state index contributed by atoms with van der Waals surface area (Å²) in [6.45, 7) is 42.9. The highest BCUT2D eigenvalue weighted by atomic mass is 35.5. The Bertz CT molecular complexity index is 3930. The Morgan fingerprint density at radius 1 is 0.528 bits per heavy atom. The second-order valence-corrected chi connectivity index (χ2v) is 26.6. The van der Waals surface area contributed by atoms with Crippen LogP contribution in [-0.2, 0) is 6.42 Å². The molecule has 0 aliphatic carbocycles. The molecule has 0 atom stereocenters. The van der Waals surface area contributed by atoms with Gasteiger partial charge in [-0.25, -0.2) is 9.97 Å². The fourth-order valence-corrected chi connectivity index (χ4v) is 10.9. The number of aliphatic imine (C=N–C) groups is 2. The average Bonchev–Trinajstić information content (AvgIpc) is 3.22. The number of hydrogen-bond acceptors (Lipinski definition) is 8. The molecule has 0 saturated carbocycles. The van der Waals surface area contributed by atoms with E-state index < -0.39 is 0 Å². The molecule has 472 valence electrons. The molecule has 0 amide bonds. The first-order chi connectivity index (χ1) is 42.3. The fourth-order valence-electron chi connectivity index (χ4n) is 9.83. The largest absolute Gasteiger partial charge is 0.440 e. The third kappa shape index (κ3) is 20.4. The van der Waals surface area contributed by atoms with Crippen molar-refractivity contribution in [3.05, 3.63) is 208 Å². The van der Waals surface area contributed by atoms with Gasteiger partial charge in [0.15, 0.2) is 11.5 Å². The Labute approximate surface area is 540 Å². The van der Waals surface area contributed by atoms with Gasteiger partial charge in [-0.2, -0.15) is 10.2 Å². The van der Waals surface area contributed by atoms with Gasteiger partial charge in [0.1, 0.15) is 5.52 Å². The molecule has 2 aliphatic rings. The monoisotopic (exact) mass is 1230 g/mol. The van der Waals surface area contributed by atoms with Crippen LogP contribution < -0.4 is 0 Å². The molecular formula is C76H99ClN10OS. The highest BCUT2D eigenvalue weighted by molar-refractivity contribution is 7.18. The Kier molecular flexibility index (Phi) is 26.7. The molecule has 0 saturated heterocycles. The number of para-hydroxylation sites is 2. The zero-order chi connectivity index (χ0) is 65.1. The lowest BCUT2D eigenvalue weighted by atomic mass is 9.99. The molecule has 0 N–H and O–H groups in total. The predicted molar refractivity (Wildman–Crippen MR) is 384 cm³/mol. The van der Waals surface area contributed by atoms with Gasteiger partial charge in [0.05, 0.1) is 20.9 Å². The van der Waals surface area contributed by atoms with E-state index in [1.165, 1.54) is 71.0 Å². The number of hydrogen-bond donors (Lipinski definition) is 0. The van der Waals surface area contributed by atoms with Gasteiger partial charge in [-0.05, 0) is 195 Å². The number of benzene rings is 5. The molecule has 0 radical (unpaired) electrons. The molecular weight excluding hydrogens is 1140 g/mol. The van der Waals surface area contributed by atoms with Crippen molar-refractivity contribution in [2.45, 2.75) is 187 Å². The van der Waals surface area contributed by atoms with Crippen LogP contribution in [0.4, 0.5) is 5.69 Å². The van der Waals surface area contributed by atoms with Gasteiger partial charge in [0, 0.05) is 119 Å². The zero-order valence-corrected chi connectivity index (χ0v) is 58.4. The molecule has 8 heterocycles. The van der Waals surface area contributed by atoms with E-state index in [1.54, 1.807) is 23.7 Å². The van der Waals surface area contributed by atoms with E-state index in [9.17, 15) is 0 Å². The molecule has 13 rings (SSSR count). The highest BCUT2D eigenvalue weighted by Gasteiger charge is 2.18. The summed E-state index contributed by atoms with van der Waals surface area (Å²) >= 11 is 7.80. The lowest BCUT2D eigenvalue weighted by Crippen LogP contribution is -2.06. The van der Waals surface area contributed by atoms with Crippen LogP contribution in [0.5, 0.6) is 0 Å². The molecule has 0 fully saturated rings. The highest BCUT2D eigenvalue weighted by Crippen LogP contribution is 2.32. The van der Waals surface area contributed by atoms with E-state index in [-0.39, 0.29) is 0 Å². The fraction of sp³-hybridized carbons (Fsp3) is 0.395. The van der Waals surface area contributed by atoms with Crippen LogP contribution in [0.1, 0.15) is 192 Å². The zero-order valence-electron chi connectivity index (χ0n) is 56.8. The van der Waals surface area contributed by atoms with Crippen molar-refractivity contribution < 1.29 is 4.42 Å². The van der Waals surface area contributed by atoms with Gasteiger partial charge in [-0.15, -0.1) is 11.3 Å². The summed E-state index contributed by atoms with van der Waals surface area (Å²) in [5.41, 5.74) is 15.7. The van der Waals surface area contributed by atoms with Crippen molar-refractivity contribution in [2.75, 3.05) is 0 Å². The molecule has 89 heavy (non-hydrogen) atoms. The number of aryl methyl sites for hydroxylation is 4. The van der Waals surface area contributed by atoms with Crippen molar-refractivity contribution in [2.24, 2.45) is 21.8 Å². The van der Waals surface area contributed by atoms with Gasteiger partial charge in [-0.3, -0.25) is 19.3 Å². The molecule has 0 spiro atoms. The minimum atomic E-state index is 0.307. The first kappa shape index (κ1) is 70.4. The third-order valence-corrected chi connectivity index (χ3v) is 16.7. The summed E-state index contributed by atoms with van der Waals surface area (Å²) in [6, 6.07) is 43.9. The first-order valence-electron chi connectivity index (χ1n) is 31.7. The van der Waals surface area contributed by atoms with E-state index in [4.69, 9.17) is 16.0 Å². The Morgan fingerprint density at radius 3 is 1.67 bits per heavy atom. The Balaban J connectivity index is 0.000000164. The topological polar surface area (TPSA) is 109 Å². The molecule has 11 aromatic rings. The van der Waals surface area contributed by atoms with Gasteiger partial charge in [0.2, 0.25) is 0 Å². The standard InChI is InChI=1S/2C12H15N.C11H12ClNO.C11H13NS.C11H13N.C7H11N.2C6H10N2/c1-8(2)12-7-10-9(3)5-4-6-11(10)13-12;1-9(2)13-10(3)8-11-6-4-5-7-12(11)13;1-6(2)11-13-9-5-8(12)7(3)4-10(9)14-11;1-7(2)11-12-9-6-8(3)4-5-10(9)13-11;1-9(2)12-8-7-10-5-3-4-6-11(10)12;1-6(2)7-4-3-5-8-7;2*1-6(2)8-5-3-4-7-8/h4-6,8H,7H2,1-3H3;4-9H,1-3H3;4-6H,1-3H3;4-7H,1-3H3;3-9H,1-2H3;3,5-6H,4H2,1-2H3;2*3-6H,1-2H3. The number of rotatable bonds is 8. The summed E-state index contributed by atoms with van der Waals surface area (Å²) in [5.74, 6) is 2.82. The molecule has 6 aromatic heterocycles. The molecule has 5 aromatic carbocycles. The number of nitrogens with zero attached hydrogens (tertiary/aromatic N) is 10. The van der Waals surface area contributed by atoms with E-state index in [0.29, 0.717) is 47.8 Å². The average molecular weight is 1240 g/mol. The quantitative estimate of drug-likeness (QED) is 0.151. The van der Waals surface area contributed by atoms with Crippen LogP contribution >= 0.6 is 22.9 Å². The minimum absolute atomic E-state index is 0.307. The maximum absolute atomic E-state index is 5.99. The lowest BCUT2D eigenvalue weighted by molar-refractivity contribution is 0.501. The number of fused-ring (bicyclic) bond motifs is 5.